The highest BCUT2D eigenvalue weighted by atomic mass is 16.5. The molecule has 5 nitrogen and oxygen atoms in total. The number of carbonyl (C=O) groups excluding carboxylic acids is 1. The average molecular weight is 330 g/mol. The van der Waals surface area contributed by atoms with E-state index in [-0.39, 0.29) is 12.5 Å². The van der Waals surface area contributed by atoms with Gasteiger partial charge in [-0.05, 0) is 51.5 Å². The molecule has 1 amide bonds. The smallest absolute Gasteiger partial charge is 0.253 e. The van der Waals surface area contributed by atoms with E-state index in [1.54, 1.807) is 31.4 Å². The van der Waals surface area contributed by atoms with Gasteiger partial charge in [0.25, 0.3) is 5.91 Å². The topological polar surface area (TPSA) is 63.5 Å². The van der Waals surface area contributed by atoms with Gasteiger partial charge in [0.05, 0.1) is 18.8 Å². The van der Waals surface area contributed by atoms with Crippen LogP contribution in [-0.2, 0) is 0 Å². The van der Waals surface area contributed by atoms with Gasteiger partial charge in [0.2, 0.25) is 0 Å². The maximum atomic E-state index is 12.4. The summed E-state index contributed by atoms with van der Waals surface area (Å²) < 4.78 is 7.23. The van der Waals surface area contributed by atoms with E-state index in [0.29, 0.717) is 11.6 Å². The number of hydrogen-bond acceptors (Lipinski definition) is 3. The van der Waals surface area contributed by atoms with Crippen molar-refractivity contribution in [3.05, 3.63) is 52.8 Å². The quantitative estimate of drug-likeness (QED) is 0.855. The number of ether oxygens (including phenoxy) is 1. The normalized spacial score (nSPS) is 12.3. The van der Waals surface area contributed by atoms with Gasteiger partial charge in [-0.25, -0.2) is 0 Å². The molecule has 24 heavy (non-hydrogen) atoms. The summed E-state index contributed by atoms with van der Waals surface area (Å²) in [6.45, 7) is 8.29. The SMILES string of the molecule is COc1ccc(C(O)CNC(=O)c2cc(C)n(C(C)C)c2C)cc1. The minimum Gasteiger partial charge on any atom is -0.497 e. The molecule has 0 aliphatic rings. The Morgan fingerprint density at radius 3 is 2.38 bits per heavy atom. The number of aryl methyl sites for hydroxylation is 1. The number of aliphatic hydroxyl groups is 1. The molecule has 0 saturated heterocycles. The molecule has 0 bridgehead atoms. The van der Waals surface area contributed by atoms with Gasteiger partial charge in [0, 0.05) is 24.0 Å². The molecule has 130 valence electrons. The fraction of sp³-hybridized carbons (Fsp3) is 0.421. The van der Waals surface area contributed by atoms with Crippen LogP contribution in [0.5, 0.6) is 5.75 Å². The Bertz CT molecular complexity index is 702. The number of aromatic nitrogens is 1. The highest BCUT2D eigenvalue weighted by molar-refractivity contribution is 5.95. The number of amides is 1. The van der Waals surface area contributed by atoms with E-state index in [4.69, 9.17) is 4.74 Å². The maximum Gasteiger partial charge on any atom is 0.253 e. The Hall–Kier alpha value is -2.27. The summed E-state index contributed by atoms with van der Waals surface area (Å²) in [5.41, 5.74) is 3.40. The van der Waals surface area contributed by atoms with Gasteiger partial charge in [0.15, 0.2) is 0 Å². The molecule has 1 aromatic carbocycles. The molecule has 2 rings (SSSR count). The van der Waals surface area contributed by atoms with Gasteiger partial charge in [-0.2, -0.15) is 0 Å². The zero-order chi connectivity index (χ0) is 17.9. The van der Waals surface area contributed by atoms with E-state index in [1.807, 2.05) is 19.9 Å². The molecule has 0 aliphatic heterocycles. The highest BCUT2D eigenvalue weighted by Crippen LogP contribution is 2.21. The minimum absolute atomic E-state index is 0.163. The first kappa shape index (κ1) is 18.1. The first-order valence-corrected chi connectivity index (χ1v) is 8.13. The fourth-order valence-corrected chi connectivity index (χ4v) is 3.03. The second-order valence-electron chi connectivity index (χ2n) is 6.25. The molecule has 0 radical (unpaired) electrons. The van der Waals surface area contributed by atoms with Crippen LogP contribution >= 0.6 is 0 Å². The first-order chi connectivity index (χ1) is 11.3. The lowest BCUT2D eigenvalue weighted by molar-refractivity contribution is 0.0915. The first-order valence-electron chi connectivity index (χ1n) is 8.13. The molecule has 1 heterocycles. The van der Waals surface area contributed by atoms with Crippen LogP contribution in [0.1, 0.15) is 53.3 Å². The summed E-state index contributed by atoms with van der Waals surface area (Å²) in [4.78, 5) is 12.4. The van der Waals surface area contributed by atoms with Crippen molar-refractivity contribution in [2.75, 3.05) is 13.7 Å². The van der Waals surface area contributed by atoms with Gasteiger partial charge in [-0.1, -0.05) is 12.1 Å². The third-order valence-electron chi connectivity index (χ3n) is 4.20. The third-order valence-corrected chi connectivity index (χ3v) is 4.20. The summed E-state index contributed by atoms with van der Waals surface area (Å²) in [6, 6.07) is 9.36. The summed E-state index contributed by atoms with van der Waals surface area (Å²) in [5.74, 6) is 0.568. The molecular weight excluding hydrogens is 304 g/mol. The van der Waals surface area contributed by atoms with Crippen LogP contribution in [0.15, 0.2) is 30.3 Å². The van der Waals surface area contributed by atoms with Crippen LogP contribution in [-0.4, -0.2) is 29.2 Å². The van der Waals surface area contributed by atoms with E-state index < -0.39 is 6.10 Å². The summed E-state index contributed by atoms with van der Waals surface area (Å²) in [6.07, 6.45) is -0.756. The number of aliphatic hydroxyl groups excluding tert-OH is 1. The second kappa shape index (κ2) is 7.53. The van der Waals surface area contributed by atoms with Crippen molar-refractivity contribution in [1.82, 2.24) is 9.88 Å². The Labute approximate surface area is 143 Å². The van der Waals surface area contributed by atoms with Gasteiger partial charge < -0.3 is 19.7 Å². The zero-order valence-corrected chi connectivity index (χ0v) is 15.0. The number of rotatable bonds is 6. The van der Waals surface area contributed by atoms with Crippen molar-refractivity contribution < 1.29 is 14.6 Å². The Kier molecular flexibility index (Phi) is 5.67. The third kappa shape index (κ3) is 3.79. The number of hydrogen-bond donors (Lipinski definition) is 2. The number of methoxy groups -OCH3 is 1. The molecule has 0 fully saturated rings. The predicted molar refractivity (Wildman–Crippen MR) is 94.6 cm³/mol. The van der Waals surface area contributed by atoms with E-state index in [9.17, 15) is 9.90 Å². The van der Waals surface area contributed by atoms with Crippen LogP contribution in [0.25, 0.3) is 0 Å². The summed E-state index contributed by atoms with van der Waals surface area (Å²) in [5, 5.41) is 13.0. The fourth-order valence-electron chi connectivity index (χ4n) is 3.03. The molecule has 2 N–H and O–H groups in total. The number of benzene rings is 1. The van der Waals surface area contributed by atoms with E-state index >= 15 is 0 Å². The van der Waals surface area contributed by atoms with Crippen molar-refractivity contribution >= 4 is 5.91 Å². The Balaban J connectivity index is 2.03. The largest absolute Gasteiger partial charge is 0.497 e. The Morgan fingerprint density at radius 2 is 1.88 bits per heavy atom. The molecule has 0 aliphatic carbocycles. The average Bonchev–Trinajstić information content (AvgIpc) is 2.87. The molecule has 1 atom stereocenters. The Morgan fingerprint density at radius 1 is 1.25 bits per heavy atom. The van der Waals surface area contributed by atoms with Crippen LogP contribution in [0.3, 0.4) is 0 Å². The maximum absolute atomic E-state index is 12.4. The van der Waals surface area contributed by atoms with Crippen LogP contribution in [0.2, 0.25) is 0 Å². The lowest BCUT2D eigenvalue weighted by Gasteiger charge is -2.15. The number of carbonyl (C=O) groups is 1. The van der Waals surface area contributed by atoms with Crippen molar-refractivity contribution in [1.29, 1.82) is 0 Å². The zero-order valence-electron chi connectivity index (χ0n) is 15.0. The minimum atomic E-state index is -0.756. The molecular formula is C19H26N2O3. The van der Waals surface area contributed by atoms with Crippen LogP contribution in [0, 0.1) is 13.8 Å². The molecule has 0 saturated carbocycles. The van der Waals surface area contributed by atoms with E-state index in [1.165, 1.54) is 0 Å². The van der Waals surface area contributed by atoms with Crippen molar-refractivity contribution in [2.24, 2.45) is 0 Å². The summed E-state index contributed by atoms with van der Waals surface area (Å²) in [7, 11) is 1.60. The van der Waals surface area contributed by atoms with Crippen LogP contribution < -0.4 is 10.1 Å². The van der Waals surface area contributed by atoms with Crippen LogP contribution in [0.4, 0.5) is 0 Å². The predicted octanol–water partition coefficient (Wildman–Crippen LogP) is 3.16. The van der Waals surface area contributed by atoms with Crippen molar-refractivity contribution in [3.63, 3.8) is 0 Å². The molecule has 0 spiro atoms. The molecule has 5 heteroatoms. The monoisotopic (exact) mass is 330 g/mol. The van der Waals surface area contributed by atoms with Crippen molar-refractivity contribution in [3.8, 4) is 5.75 Å². The second-order valence-corrected chi connectivity index (χ2v) is 6.25. The van der Waals surface area contributed by atoms with E-state index in [2.05, 4.69) is 23.7 Å². The van der Waals surface area contributed by atoms with Crippen molar-refractivity contribution in [2.45, 2.75) is 39.8 Å². The molecule has 1 aromatic heterocycles. The standard InChI is InChI=1S/C19H26N2O3/c1-12(2)21-13(3)10-17(14(21)4)19(23)20-11-18(22)15-6-8-16(24-5)9-7-15/h6-10,12,18,22H,11H2,1-5H3,(H,20,23). The highest BCUT2D eigenvalue weighted by Gasteiger charge is 2.18. The van der Waals surface area contributed by atoms with Gasteiger partial charge in [-0.3, -0.25) is 4.79 Å². The molecule has 1 unspecified atom stereocenters. The molecule has 2 aromatic rings. The lowest BCUT2D eigenvalue weighted by Crippen LogP contribution is -2.28. The van der Waals surface area contributed by atoms with Gasteiger partial charge in [0.1, 0.15) is 5.75 Å². The summed E-state index contributed by atoms with van der Waals surface area (Å²) >= 11 is 0. The van der Waals surface area contributed by atoms with Gasteiger partial charge in [-0.15, -0.1) is 0 Å². The number of nitrogens with one attached hydrogen (secondary N) is 1. The van der Waals surface area contributed by atoms with Gasteiger partial charge >= 0.3 is 0 Å². The van der Waals surface area contributed by atoms with E-state index in [0.717, 1.165) is 22.7 Å². The number of nitrogens with zero attached hydrogens (tertiary/aromatic N) is 1. The lowest BCUT2D eigenvalue weighted by atomic mass is 10.1.